The van der Waals surface area contributed by atoms with Gasteiger partial charge in [0.15, 0.2) is 11.9 Å². The van der Waals surface area contributed by atoms with Crippen LogP contribution in [0.2, 0.25) is 0 Å². The normalized spacial score (nSPS) is 14.4. The van der Waals surface area contributed by atoms with Crippen molar-refractivity contribution in [2.75, 3.05) is 19.6 Å². The summed E-state index contributed by atoms with van der Waals surface area (Å²) < 4.78 is 0. The largest absolute Gasteiger partial charge is 0.508 e. The van der Waals surface area contributed by atoms with E-state index in [0.717, 1.165) is 0 Å². The van der Waals surface area contributed by atoms with Gasteiger partial charge in [-0.1, -0.05) is 60.1 Å². The molecule has 0 heterocycles. The number of benzene rings is 1. The molecule has 0 fully saturated rings. The first kappa shape index (κ1) is 76.6. The number of carboxylic acid groups (broad SMARTS) is 2. The Morgan fingerprint density at radius 3 is 1.44 bits per heavy atom. The number of rotatable bonds is 42. The zero-order valence-corrected chi connectivity index (χ0v) is 50.4. The van der Waals surface area contributed by atoms with Crippen LogP contribution in [0, 0.1) is 17.8 Å². The molecule has 0 radical (unpaired) electrons. The van der Waals surface area contributed by atoms with Crippen molar-refractivity contribution in [3.05, 3.63) is 29.8 Å². The van der Waals surface area contributed by atoms with E-state index >= 15 is 0 Å². The van der Waals surface area contributed by atoms with Crippen LogP contribution in [0.4, 0.5) is 0 Å². The lowest BCUT2D eigenvalue weighted by Crippen LogP contribution is -2.61. The number of carbonyl (C=O) groups excluding carboxylic acids is 11. The highest BCUT2D eigenvalue weighted by atomic mass is 16.4. The third-order valence-electron chi connectivity index (χ3n) is 13.4. The first-order valence-corrected chi connectivity index (χ1v) is 28.5. The number of nitrogens with two attached hydrogens (primary N) is 7. The Labute approximate surface area is 509 Å². The molecule has 0 aliphatic carbocycles. The van der Waals surface area contributed by atoms with Gasteiger partial charge in [-0.05, 0) is 80.4 Å². The number of carboxylic acids is 2. The van der Waals surface area contributed by atoms with Crippen LogP contribution < -0.4 is 88.0 Å². The van der Waals surface area contributed by atoms with E-state index < -0.39 is 182 Å². The number of hydrogen-bond donors (Lipinski definition) is 19. The molecule has 0 aliphatic rings. The Hall–Kier alpha value is -9.37. The third kappa shape index (κ3) is 30.6. The van der Waals surface area contributed by atoms with E-state index in [-0.39, 0.29) is 75.2 Å². The third-order valence-corrected chi connectivity index (χ3v) is 13.4. The van der Waals surface area contributed by atoms with Crippen LogP contribution in [-0.4, -0.2) is 178 Å². The molecule has 1 aromatic carbocycles. The van der Waals surface area contributed by atoms with Gasteiger partial charge in [-0.2, -0.15) is 0 Å². The van der Waals surface area contributed by atoms with Crippen molar-refractivity contribution in [1.82, 2.24) is 47.9 Å². The van der Waals surface area contributed by atoms with E-state index in [1.165, 1.54) is 24.3 Å². The molecule has 0 saturated heterocycles. The number of nitrogens with zero attached hydrogens (tertiary/aromatic N) is 2. The van der Waals surface area contributed by atoms with Crippen molar-refractivity contribution in [3.63, 3.8) is 0 Å². The number of hydrogen-bond acceptors (Lipinski definition) is 17. The fourth-order valence-corrected chi connectivity index (χ4v) is 8.23. The predicted octanol–water partition coefficient (Wildman–Crippen LogP) is -5.80. The molecule has 0 bridgehead atoms. The van der Waals surface area contributed by atoms with Crippen LogP contribution in [0.25, 0.3) is 0 Å². The topological polar surface area (TPSA) is 598 Å². The summed E-state index contributed by atoms with van der Waals surface area (Å²) in [6.45, 7) is 9.19. The molecule has 88 heavy (non-hydrogen) atoms. The highest BCUT2D eigenvalue weighted by molar-refractivity contribution is 5.99. The number of nitrogens with one attached hydrogen (secondary N) is 9. The van der Waals surface area contributed by atoms with Crippen molar-refractivity contribution < 1.29 is 77.6 Å². The summed E-state index contributed by atoms with van der Waals surface area (Å²) in [4.78, 5) is 180. The lowest BCUT2D eigenvalue weighted by Gasteiger charge is -2.29. The molecule has 26 N–H and O–H groups in total. The second-order valence-corrected chi connectivity index (χ2v) is 21.7. The summed E-state index contributed by atoms with van der Waals surface area (Å²) in [6, 6.07) is -8.02. The average Bonchev–Trinajstić information content (AvgIpc) is 3.45. The number of aliphatic carboxylic acids is 2. The maximum absolute atomic E-state index is 14.2. The van der Waals surface area contributed by atoms with Gasteiger partial charge in [-0.15, -0.1) is 0 Å². The molecule has 1 aromatic rings. The molecule has 0 saturated carbocycles. The summed E-state index contributed by atoms with van der Waals surface area (Å²) in [6.07, 6.45) is -3.36. The van der Waals surface area contributed by atoms with Gasteiger partial charge >= 0.3 is 11.9 Å². The maximum atomic E-state index is 14.2. The molecule has 1 rings (SSSR count). The van der Waals surface area contributed by atoms with Gasteiger partial charge in [0, 0.05) is 32.4 Å². The van der Waals surface area contributed by atoms with Crippen LogP contribution in [0.15, 0.2) is 34.3 Å². The molecule has 0 aromatic heterocycles. The fraction of sp³-hybridized carbons (Fsp3) is 0.611. The molecule has 34 nitrogen and oxygen atoms in total. The number of amides is 11. The van der Waals surface area contributed by atoms with Gasteiger partial charge in [0.1, 0.15) is 54.1 Å². The van der Waals surface area contributed by atoms with Gasteiger partial charge in [0.05, 0.1) is 19.0 Å². The Bertz CT molecular complexity index is 2630. The number of phenolic OH excluding ortho intramolecular Hbond substituents is 1. The van der Waals surface area contributed by atoms with Gasteiger partial charge in [-0.25, -0.2) is 4.79 Å². The zero-order chi connectivity index (χ0) is 67.0. The number of phenols is 1. The molecule has 0 unspecified atom stereocenters. The molecule has 0 spiro atoms. The van der Waals surface area contributed by atoms with E-state index in [4.69, 9.17) is 40.1 Å². The van der Waals surface area contributed by atoms with Gasteiger partial charge < -0.3 is 103 Å². The smallest absolute Gasteiger partial charge is 0.326 e. The van der Waals surface area contributed by atoms with E-state index in [1.807, 2.05) is 0 Å². The highest BCUT2D eigenvalue weighted by Gasteiger charge is 2.36. The Kier molecular flexibility index (Phi) is 34.3. The lowest BCUT2D eigenvalue weighted by molar-refractivity contribution is -0.142. The van der Waals surface area contributed by atoms with Crippen LogP contribution in [0.1, 0.15) is 118 Å². The summed E-state index contributed by atoms with van der Waals surface area (Å²) >= 11 is 0. The highest BCUT2D eigenvalue weighted by Crippen LogP contribution is 2.15. The van der Waals surface area contributed by atoms with E-state index in [1.54, 1.807) is 41.5 Å². The number of carbonyl (C=O) groups is 13. The van der Waals surface area contributed by atoms with Crippen molar-refractivity contribution in [1.29, 1.82) is 0 Å². The number of aromatic hydroxyl groups is 1. The minimum atomic E-state index is -1.86. The van der Waals surface area contributed by atoms with Crippen molar-refractivity contribution in [3.8, 4) is 5.75 Å². The lowest BCUT2D eigenvalue weighted by atomic mass is 9.96. The Morgan fingerprint density at radius 1 is 0.511 bits per heavy atom. The minimum Gasteiger partial charge on any atom is -0.508 e. The Balaban J connectivity index is 3.57. The molecule has 34 heteroatoms. The maximum Gasteiger partial charge on any atom is 0.326 e. The second kappa shape index (κ2) is 39.4. The van der Waals surface area contributed by atoms with Crippen LogP contribution >= 0.6 is 0 Å². The summed E-state index contributed by atoms with van der Waals surface area (Å²) in [5.74, 6) is -15.7. The summed E-state index contributed by atoms with van der Waals surface area (Å²) in [5, 5.41) is 51.1. The Morgan fingerprint density at radius 2 is 0.966 bits per heavy atom. The summed E-state index contributed by atoms with van der Waals surface area (Å²) in [7, 11) is 0. The standard InChI is InChI=1S/C54H90N18O16/c1-7-28(6)43(72-50(85)42(57)27(4)5)51(86)68-32(16-18-38(55)74)46(81)71-37(24-39(56)75)49(84)70-35(22-26(2)3)47(82)67-33(17-19-41(77)78)45(80)66-31(10-8-20-62-53(58)59)44(79)64-25-40(76)65-36(23-29-12-14-30(73)15-13-29)48(83)69-34(52(87)88)11-9-21-63-54(60)61/h12-15,26-28,31-37,42-43,73H,7-11,16-25,57H2,1-6H3,(H2,55,74)(H2,56,75)(H,64,79)(H,65,76)(H,66,80)(H,67,82)(H,68,86)(H,69,83)(H,70,84)(H,71,81)(H,72,85)(H,77,78)(H,87,88)(H4,58,59,62)(H4,60,61,63)/t28-,31-,32-,33-,34-,35-,36-,37-,42-,43-/m0/s1. The first-order valence-electron chi connectivity index (χ1n) is 28.5. The average molecular weight is 1250 g/mol. The fourth-order valence-electron chi connectivity index (χ4n) is 8.23. The molecule has 10 atom stereocenters. The van der Waals surface area contributed by atoms with Crippen LogP contribution in [0.3, 0.4) is 0 Å². The van der Waals surface area contributed by atoms with Crippen molar-refractivity contribution >= 4 is 88.8 Å². The zero-order valence-electron chi connectivity index (χ0n) is 50.4. The van der Waals surface area contributed by atoms with E-state index in [9.17, 15) is 77.6 Å². The SMILES string of the molecule is CC[C@H](C)[C@H](NC(=O)[C@@H](N)C(C)C)C(=O)N[C@@H](CCC(N)=O)C(=O)N[C@@H](CC(N)=O)C(=O)N[C@@H](CC(C)C)C(=O)N[C@@H](CCC(=O)O)C(=O)N[C@@H](CCCN=C(N)N)C(=O)NCC(=O)N[C@@H](Cc1ccc(O)cc1)C(=O)N[C@@H](CCCN=C(N)N)C(=O)O. The number of primary amides is 2. The van der Waals surface area contributed by atoms with E-state index in [0.29, 0.717) is 12.0 Å². The van der Waals surface area contributed by atoms with E-state index in [2.05, 4.69) is 57.8 Å². The minimum absolute atomic E-state index is 0.00830. The first-order chi connectivity index (χ1) is 41.1. The molecule has 11 amide bonds. The second-order valence-electron chi connectivity index (χ2n) is 21.7. The molecule has 0 aliphatic heterocycles. The summed E-state index contributed by atoms with van der Waals surface area (Å²) in [5.41, 5.74) is 38.9. The monoisotopic (exact) mass is 1250 g/mol. The van der Waals surface area contributed by atoms with Crippen LogP contribution in [-0.2, 0) is 68.7 Å². The van der Waals surface area contributed by atoms with Gasteiger partial charge in [0.2, 0.25) is 65.0 Å². The molecule has 492 valence electrons. The van der Waals surface area contributed by atoms with Gasteiger partial charge in [-0.3, -0.25) is 67.5 Å². The predicted molar refractivity (Wildman–Crippen MR) is 319 cm³/mol. The number of guanidine groups is 2. The van der Waals surface area contributed by atoms with Crippen LogP contribution in [0.5, 0.6) is 5.75 Å². The van der Waals surface area contributed by atoms with Gasteiger partial charge in [0.25, 0.3) is 0 Å². The number of aliphatic imine (C=N–C) groups is 2. The van der Waals surface area contributed by atoms with Crippen molar-refractivity contribution in [2.24, 2.45) is 67.9 Å². The quantitative estimate of drug-likeness (QED) is 0.0165. The molecular weight excluding hydrogens is 1160 g/mol. The molecular formula is C54H90N18O16. The van der Waals surface area contributed by atoms with Crippen molar-refractivity contribution in [2.45, 2.75) is 173 Å².